The lowest BCUT2D eigenvalue weighted by atomic mass is 10.2. The lowest BCUT2D eigenvalue weighted by Crippen LogP contribution is -2.22. The third kappa shape index (κ3) is 3.84. The number of benzene rings is 2. The molecule has 0 heterocycles. The van der Waals surface area contributed by atoms with Gasteiger partial charge in [0.1, 0.15) is 6.07 Å². The van der Waals surface area contributed by atoms with Crippen LogP contribution in [0.3, 0.4) is 0 Å². The van der Waals surface area contributed by atoms with Crippen molar-refractivity contribution in [3.8, 4) is 6.07 Å². The molecule has 0 aliphatic rings. The van der Waals surface area contributed by atoms with E-state index in [0.717, 1.165) is 10.2 Å². The highest BCUT2D eigenvalue weighted by molar-refractivity contribution is 9.10. The number of hydrogen-bond acceptors (Lipinski definition) is 3. The molecule has 20 heavy (non-hydrogen) atoms. The van der Waals surface area contributed by atoms with E-state index in [1.807, 2.05) is 36.4 Å². The van der Waals surface area contributed by atoms with Gasteiger partial charge in [0.05, 0.1) is 17.8 Å². The first-order valence-electron chi connectivity index (χ1n) is 5.97. The molecule has 4 nitrogen and oxygen atoms in total. The van der Waals surface area contributed by atoms with Gasteiger partial charge in [-0.2, -0.15) is 5.26 Å². The SMILES string of the molecule is N#Cc1ccc(Br)cc1NC(=O)CNc1ccccc1. The zero-order valence-electron chi connectivity index (χ0n) is 10.6. The molecule has 0 bridgehead atoms. The first-order valence-corrected chi connectivity index (χ1v) is 6.77. The van der Waals surface area contributed by atoms with Crippen LogP contribution in [0.15, 0.2) is 53.0 Å². The number of carbonyl (C=O) groups is 1. The number of rotatable bonds is 4. The summed E-state index contributed by atoms with van der Waals surface area (Å²) in [6, 6.07) is 16.6. The first kappa shape index (κ1) is 14.1. The van der Waals surface area contributed by atoms with Crippen molar-refractivity contribution in [2.75, 3.05) is 17.2 Å². The molecule has 2 aromatic carbocycles. The summed E-state index contributed by atoms with van der Waals surface area (Å²) in [6.07, 6.45) is 0. The Balaban J connectivity index is 1.98. The maximum atomic E-state index is 11.9. The number of halogens is 1. The van der Waals surface area contributed by atoms with Gasteiger partial charge in [0, 0.05) is 10.2 Å². The van der Waals surface area contributed by atoms with Crippen molar-refractivity contribution in [3.05, 3.63) is 58.6 Å². The van der Waals surface area contributed by atoms with Gasteiger partial charge in [-0.1, -0.05) is 34.1 Å². The molecule has 0 saturated carbocycles. The van der Waals surface area contributed by atoms with Gasteiger partial charge in [-0.3, -0.25) is 4.79 Å². The van der Waals surface area contributed by atoms with Crippen LogP contribution in [-0.2, 0) is 4.79 Å². The van der Waals surface area contributed by atoms with E-state index in [1.54, 1.807) is 18.2 Å². The van der Waals surface area contributed by atoms with E-state index in [-0.39, 0.29) is 12.5 Å². The number of nitriles is 1. The van der Waals surface area contributed by atoms with Crippen LogP contribution in [0.5, 0.6) is 0 Å². The molecule has 0 atom stereocenters. The average Bonchev–Trinajstić information content (AvgIpc) is 2.46. The van der Waals surface area contributed by atoms with Crippen LogP contribution in [0.2, 0.25) is 0 Å². The van der Waals surface area contributed by atoms with Gasteiger partial charge in [-0.25, -0.2) is 0 Å². The van der Waals surface area contributed by atoms with Crippen LogP contribution < -0.4 is 10.6 Å². The van der Waals surface area contributed by atoms with Crippen LogP contribution in [0.4, 0.5) is 11.4 Å². The van der Waals surface area contributed by atoms with Crippen LogP contribution in [0.25, 0.3) is 0 Å². The van der Waals surface area contributed by atoms with E-state index in [4.69, 9.17) is 5.26 Å². The van der Waals surface area contributed by atoms with Crippen molar-refractivity contribution < 1.29 is 4.79 Å². The van der Waals surface area contributed by atoms with E-state index < -0.39 is 0 Å². The third-order valence-electron chi connectivity index (χ3n) is 2.60. The number of amides is 1. The van der Waals surface area contributed by atoms with Gasteiger partial charge < -0.3 is 10.6 Å². The molecule has 1 amide bonds. The fourth-order valence-corrected chi connectivity index (χ4v) is 2.01. The number of nitrogens with one attached hydrogen (secondary N) is 2. The van der Waals surface area contributed by atoms with E-state index >= 15 is 0 Å². The molecule has 100 valence electrons. The molecule has 0 aliphatic carbocycles. The van der Waals surface area contributed by atoms with Gasteiger partial charge in [0.15, 0.2) is 0 Å². The van der Waals surface area contributed by atoms with Gasteiger partial charge in [-0.15, -0.1) is 0 Å². The Morgan fingerprint density at radius 2 is 1.95 bits per heavy atom. The summed E-state index contributed by atoms with van der Waals surface area (Å²) in [4.78, 5) is 11.9. The highest BCUT2D eigenvalue weighted by Crippen LogP contribution is 2.20. The van der Waals surface area contributed by atoms with Crippen molar-refractivity contribution in [1.29, 1.82) is 5.26 Å². The summed E-state index contributed by atoms with van der Waals surface area (Å²) < 4.78 is 0.808. The second-order valence-electron chi connectivity index (χ2n) is 4.07. The van der Waals surface area contributed by atoms with Crippen molar-refractivity contribution >= 4 is 33.2 Å². The molecule has 0 saturated heterocycles. The first-order chi connectivity index (χ1) is 9.69. The zero-order valence-corrected chi connectivity index (χ0v) is 12.1. The molecule has 0 aliphatic heterocycles. The minimum atomic E-state index is -0.205. The van der Waals surface area contributed by atoms with E-state index in [0.29, 0.717) is 11.3 Å². The van der Waals surface area contributed by atoms with Gasteiger partial charge in [0.25, 0.3) is 0 Å². The largest absolute Gasteiger partial charge is 0.376 e. The van der Waals surface area contributed by atoms with Crippen LogP contribution in [-0.4, -0.2) is 12.5 Å². The monoisotopic (exact) mass is 329 g/mol. The second-order valence-corrected chi connectivity index (χ2v) is 4.99. The fraction of sp³-hybridized carbons (Fsp3) is 0.0667. The normalized spacial score (nSPS) is 9.60. The Kier molecular flexibility index (Phi) is 4.75. The second kappa shape index (κ2) is 6.73. The summed E-state index contributed by atoms with van der Waals surface area (Å²) >= 11 is 3.31. The Bertz CT molecular complexity index is 650. The molecule has 2 aromatic rings. The molecular formula is C15H12BrN3O. The van der Waals surface area contributed by atoms with Crippen molar-refractivity contribution in [1.82, 2.24) is 0 Å². The quantitative estimate of drug-likeness (QED) is 0.903. The van der Waals surface area contributed by atoms with Crippen LogP contribution in [0, 0.1) is 11.3 Å². The molecule has 2 rings (SSSR count). The number of para-hydroxylation sites is 1. The standard InChI is InChI=1S/C15H12BrN3O/c16-12-7-6-11(9-17)14(8-12)19-15(20)10-18-13-4-2-1-3-5-13/h1-8,18H,10H2,(H,19,20). The Morgan fingerprint density at radius 1 is 1.20 bits per heavy atom. The van der Waals surface area contributed by atoms with Gasteiger partial charge in [0.2, 0.25) is 5.91 Å². The van der Waals surface area contributed by atoms with Crippen LogP contribution >= 0.6 is 15.9 Å². The fourth-order valence-electron chi connectivity index (χ4n) is 1.65. The van der Waals surface area contributed by atoms with E-state index in [2.05, 4.69) is 26.6 Å². The van der Waals surface area contributed by atoms with E-state index in [1.165, 1.54) is 0 Å². The van der Waals surface area contributed by atoms with Gasteiger partial charge in [-0.05, 0) is 30.3 Å². The molecule has 5 heteroatoms. The molecule has 2 N–H and O–H groups in total. The van der Waals surface area contributed by atoms with Crippen molar-refractivity contribution in [2.45, 2.75) is 0 Å². The predicted molar refractivity (Wildman–Crippen MR) is 82.4 cm³/mol. The lowest BCUT2D eigenvalue weighted by Gasteiger charge is -2.09. The third-order valence-corrected chi connectivity index (χ3v) is 3.10. The molecule has 0 radical (unpaired) electrons. The Hall–Kier alpha value is -2.32. The Labute approximate surface area is 125 Å². The highest BCUT2D eigenvalue weighted by atomic mass is 79.9. The summed E-state index contributed by atoms with van der Waals surface area (Å²) in [5, 5.41) is 14.7. The molecular weight excluding hydrogens is 318 g/mol. The number of hydrogen-bond donors (Lipinski definition) is 2. The number of carbonyl (C=O) groups excluding carboxylic acids is 1. The lowest BCUT2D eigenvalue weighted by molar-refractivity contribution is -0.114. The summed E-state index contributed by atoms with van der Waals surface area (Å²) in [5.74, 6) is -0.205. The number of nitrogens with zero attached hydrogens (tertiary/aromatic N) is 1. The molecule has 0 fully saturated rings. The van der Waals surface area contributed by atoms with Crippen LogP contribution in [0.1, 0.15) is 5.56 Å². The summed E-state index contributed by atoms with van der Waals surface area (Å²) in [6.45, 7) is 0.140. The molecule has 0 aromatic heterocycles. The minimum Gasteiger partial charge on any atom is -0.376 e. The predicted octanol–water partition coefficient (Wildman–Crippen LogP) is 3.37. The summed E-state index contributed by atoms with van der Waals surface area (Å²) in [7, 11) is 0. The average molecular weight is 330 g/mol. The Morgan fingerprint density at radius 3 is 2.65 bits per heavy atom. The number of anilines is 2. The molecule has 0 spiro atoms. The van der Waals surface area contributed by atoms with Gasteiger partial charge >= 0.3 is 0 Å². The highest BCUT2D eigenvalue weighted by Gasteiger charge is 2.07. The topological polar surface area (TPSA) is 64.9 Å². The van der Waals surface area contributed by atoms with E-state index in [9.17, 15) is 4.79 Å². The summed E-state index contributed by atoms with van der Waals surface area (Å²) in [5.41, 5.74) is 1.81. The maximum Gasteiger partial charge on any atom is 0.243 e. The zero-order chi connectivity index (χ0) is 14.4. The smallest absolute Gasteiger partial charge is 0.243 e. The van der Waals surface area contributed by atoms with Crippen molar-refractivity contribution in [2.24, 2.45) is 0 Å². The molecule has 0 unspecified atom stereocenters. The van der Waals surface area contributed by atoms with Crippen molar-refractivity contribution in [3.63, 3.8) is 0 Å². The minimum absolute atomic E-state index is 0.140. The maximum absolute atomic E-state index is 11.9.